The van der Waals surface area contributed by atoms with Gasteiger partial charge in [-0.2, -0.15) is 0 Å². The number of nitrogens with one attached hydrogen (secondary N) is 2. The Balaban J connectivity index is 1.39. The van der Waals surface area contributed by atoms with Crippen molar-refractivity contribution in [3.63, 3.8) is 0 Å². The number of amides is 2. The number of rotatable bonds is 4. The van der Waals surface area contributed by atoms with Crippen molar-refractivity contribution in [1.29, 1.82) is 0 Å². The van der Waals surface area contributed by atoms with Crippen molar-refractivity contribution in [2.45, 2.75) is 25.3 Å². The number of carbonyl (C=O) groups is 1. The molecule has 5 nitrogen and oxygen atoms in total. The van der Waals surface area contributed by atoms with E-state index in [9.17, 15) is 4.79 Å². The van der Waals surface area contributed by atoms with Crippen molar-refractivity contribution >= 4 is 23.3 Å². The summed E-state index contributed by atoms with van der Waals surface area (Å²) in [6, 6.07) is 8.22. The van der Waals surface area contributed by atoms with Crippen LogP contribution in [0.25, 0.3) is 0 Å². The van der Waals surface area contributed by atoms with Crippen molar-refractivity contribution in [2.75, 3.05) is 44.7 Å². The number of halogens is 1. The Morgan fingerprint density at radius 1 is 1.21 bits per heavy atom. The standard InChI is InChI=1S/C18H27ClN4O/c1-22-9-2-3-16(13-22)21-18(24)20-11-14-8-10-23(12-14)17-6-4-15(19)5-7-17/h4-7,14,16H,2-3,8-13H2,1H3,(H2,20,21,24)/t14-,16-/m1/s1. The van der Waals surface area contributed by atoms with Gasteiger partial charge in [-0.05, 0) is 63.0 Å². The summed E-state index contributed by atoms with van der Waals surface area (Å²) < 4.78 is 0. The Morgan fingerprint density at radius 3 is 2.75 bits per heavy atom. The Labute approximate surface area is 149 Å². The van der Waals surface area contributed by atoms with Crippen molar-refractivity contribution in [2.24, 2.45) is 5.92 Å². The first-order valence-electron chi connectivity index (χ1n) is 8.83. The fraction of sp³-hybridized carbons (Fsp3) is 0.611. The number of carbonyl (C=O) groups excluding carboxylic acids is 1. The van der Waals surface area contributed by atoms with E-state index in [4.69, 9.17) is 11.6 Å². The summed E-state index contributed by atoms with van der Waals surface area (Å²) in [6.07, 6.45) is 3.33. The van der Waals surface area contributed by atoms with Crippen LogP contribution in [0.15, 0.2) is 24.3 Å². The maximum absolute atomic E-state index is 12.1. The quantitative estimate of drug-likeness (QED) is 0.877. The van der Waals surface area contributed by atoms with E-state index in [1.807, 2.05) is 12.1 Å². The lowest BCUT2D eigenvalue weighted by molar-refractivity contribution is 0.208. The molecule has 2 amide bonds. The van der Waals surface area contributed by atoms with Gasteiger partial charge in [-0.25, -0.2) is 4.79 Å². The number of nitrogens with zero attached hydrogens (tertiary/aromatic N) is 2. The molecule has 1 aromatic carbocycles. The van der Waals surface area contributed by atoms with Crippen LogP contribution in [0.3, 0.4) is 0 Å². The average Bonchev–Trinajstić information content (AvgIpc) is 3.03. The van der Waals surface area contributed by atoms with Gasteiger partial charge in [0, 0.05) is 42.9 Å². The van der Waals surface area contributed by atoms with E-state index >= 15 is 0 Å². The first-order valence-corrected chi connectivity index (χ1v) is 9.21. The molecule has 0 saturated carbocycles. The van der Waals surface area contributed by atoms with Crippen LogP contribution in [0.2, 0.25) is 5.02 Å². The van der Waals surface area contributed by atoms with Crippen LogP contribution in [-0.4, -0.2) is 56.7 Å². The fourth-order valence-electron chi connectivity index (χ4n) is 3.64. The highest BCUT2D eigenvalue weighted by molar-refractivity contribution is 6.30. The highest BCUT2D eigenvalue weighted by Crippen LogP contribution is 2.24. The molecule has 0 spiro atoms. The fourth-order valence-corrected chi connectivity index (χ4v) is 3.77. The minimum atomic E-state index is -0.0276. The van der Waals surface area contributed by atoms with Crippen LogP contribution in [0, 0.1) is 5.92 Å². The molecule has 2 fully saturated rings. The van der Waals surface area contributed by atoms with Crippen LogP contribution in [-0.2, 0) is 0 Å². The molecule has 0 aliphatic carbocycles. The highest BCUT2D eigenvalue weighted by atomic mass is 35.5. The number of urea groups is 1. The van der Waals surface area contributed by atoms with Gasteiger partial charge in [0.05, 0.1) is 0 Å². The summed E-state index contributed by atoms with van der Waals surface area (Å²) in [6.45, 7) is 4.82. The van der Waals surface area contributed by atoms with Gasteiger partial charge in [-0.15, -0.1) is 0 Å². The zero-order valence-electron chi connectivity index (χ0n) is 14.3. The van der Waals surface area contributed by atoms with Crippen LogP contribution in [0.5, 0.6) is 0 Å². The number of hydrogen-bond acceptors (Lipinski definition) is 3. The van der Waals surface area contributed by atoms with Crippen molar-refractivity contribution in [3.8, 4) is 0 Å². The van der Waals surface area contributed by atoms with E-state index in [1.165, 1.54) is 5.69 Å². The molecule has 0 unspecified atom stereocenters. The number of likely N-dealkylation sites (tertiary alicyclic amines) is 1. The molecule has 2 saturated heterocycles. The van der Waals surface area contributed by atoms with Gasteiger partial charge in [0.2, 0.25) is 0 Å². The zero-order valence-corrected chi connectivity index (χ0v) is 15.1. The van der Waals surface area contributed by atoms with E-state index < -0.39 is 0 Å². The molecule has 0 radical (unpaired) electrons. The summed E-state index contributed by atoms with van der Waals surface area (Å²) in [4.78, 5) is 16.7. The molecule has 2 N–H and O–H groups in total. The summed E-state index contributed by atoms with van der Waals surface area (Å²) in [5, 5.41) is 6.92. The Kier molecular flexibility index (Phi) is 5.85. The average molecular weight is 351 g/mol. The number of anilines is 1. The normalized spacial score (nSPS) is 24.8. The van der Waals surface area contributed by atoms with Gasteiger partial charge < -0.3 is 20.4 Å². The molecule has 0 aromatic heterocycles. The molecule has 2 atom stereocenters. The molecule has 24 heavy (non-hydrogen) atoms. The third kappa shape index (κ3) is 4.77. The summed E-state index contributed by atoms with van der Waals surface area (Å²) in [5.41, 5.74) is 1.21. The lowest BCUT2D eigenvalue weighted by Crippen LogP contribution is -2.50. The van der Waals surface area contributed by atoms with E-state index in [1.54, 1.807) is 0 Å². The predicted molar refractivity (Wildman–Crippen MR) is 98.8 cm³/mol. The number of piperidine rings is 1. The SMILES string of the molecule is CN1CCC[C@@H](NC(=O)NC[C@H]2CCN(c3ccc(Cl)cc3)C2)C1. The van der Waals surface area contributed by atoms with Gasteiger partial charge in [0.1, 0.15) is 0 Å². The summed E-state index contributed by atoms with van der Waals surface area (Å²) in [5.74, 6) is 0.500. The zero-order chi connectivity index (χ0) is 16.9. The molecule has 0 bridgehead atoms. The largest absolute Gasteiger partial charge is 0.371 e. The molecular weight excluding hydrogens is 324 g/mol. The van der Waals surface area contributed by atoms with Crippen LogP contribution in [0.4, 0.5) is 10.5 Å². The third-order valence-corrected chi connectivity index (χ3v) is 5.24. The maximum atomic E-state index is 12.1. The van der Waals surface area contributed by atoms with E-state index in [0.717, 1.165) is 57.0 Å². The second kappa shape index (κ2) is 8.08. The number of benzene rings is 1. The van der Waals surface area contributed by atoms with Gasteiger partial charge in [0.25, 0.3) is 0 Å². The van der Waals surface area contributed by atoms with Crippen molar-refractivity contribution in [1.82, 2.24) is 15.5 Å². The molecule has 1 aromatic rings. The Bertz CT molecular complexity index is 550. The monoisotopic (exact) mass is 350 g/mol. The van der Waals surface area contributed by atoms with Crippen molar-refractivity contribution in [3.05, 3.63) is 29.3 Å². The number of hydrogen-bond donors (Lipinski definition) is 2. The predicted octanol–water partition coefficient (Wildman–Crippen LogP) is 2.56. The molecule has 2 aliphatic heterocycles. The van der Waals surface area contributed by atoms with E-state index in [2.05, 4.69) is 39.6 Å². The number of likely N-dealkylation sites (N-methyl/N-ethyl adjacent to an activating group) is 1. The minimum absolute atomic E-state index is 0.0276. The molecule has 2 aliphatic rings. The second-order valence-electron chi connectivity index (χ2n) is 7.03. The van der Waals surface area contributed by atoms with Crippen LogP contribution in [0.1, 0.15) is 19.3 Å². The topological polar surface area (TPSA) is 47.6 Å². The van der Waals surface area contributed by atoms with E-state index in [-0.39, 0.29) is 12.1 Å². The summed E-state index contributed by atoms with van der Waals surface area (Å²) >= 11 is 5.94. The third-order valence-electron chi connectivity index (χ3n) is 4.99. The highest BCUT2D eigenvalue weighted by Gasteiger charge is 2.24. The molecule has 132 valence electrons. The van der Waals surface area contributed by atoms with Crippen molar-refractivity contribution < 1.29 is 4.79 Å². The first kappa shape index (κ1) is 17.4. The minimum Gasteiger partial charge on any atom is -0.371 e. The summed E-state index contributed by atoms with van der Waals surface area (Å²) in [7, 11) is 2.11. The second-order valence-corrected chi connectivity index (χ2v) is 7.47. The molecule has 2 heterocycles. The van der Waals surface area contributed by atoms with E-state index in [0.29, 0.717) is 5.92 Å². The van der Waals surface area contributed by atoms with Gasteiger partial charge >= 0.3 is 6.03 Å². The Morgan fingerprint density at radius 2 is 2.00 bits per heavy atom. The lowest BCUT2D eigenvalue weighted by atomic mass is 10.1. The smallest absolute Gasteiger partial charge is 0.315 e. The van der Waals surface area contributed by atoms with Gasteiger partial charge in [-0.1, -0.05) is 11.6 Å². The molecule has 6 heteroatoms. The van der Waals surface area contributed by atoms with Gasteiger partial charge in [0.15, 0.2) is 0 Å². The van der Waals surface area contributed by atoms with Gasteiger partial charge in [-0.3, -0.25) is 0 Å². The molecule has 3 rings (SSSR count). The first-order chi connectivity index (χ1) is 11.6. The lowest BCUT2D eigenvalue weighted by Gasteiger charge is -2.30. The molecular formula is C18H27ClN4O. The Hall–Kier alpha value is -1.46. The van der Waals surface area contributed by atoms with Crippen LogP contribution >= 0.6 is 11.6 Å². The van der Waals surface area contributed by atoms with Crippen LogP contribution < -0.4 is 15.5 Å². The maximum Gasteiger partial charge on any atom is 0.315 e.